The molecule has 2 N–H and O–H groups in total. The van der Waals surface area contributed by atoms with Gasteiger partial charge in [0.1, 0.15) is 5.75 Å². The van der Waals surface area contributed by atoms with Gasteiger partial charge in [-0.15, -0.1) is 0 Å². The van der Waals surface area contributed by atoms with Gasteiger partial charge in [0.25, 0.3) is 5.91 Å². The highest BCUT2D eigenvalue weighted by Crippen LogP contribution is 2.35. The van der Waals surface area contributed by atoms with Gasteiger partial charge < -0.3 is 15.4 Å². The van der Waals surface area contributed by atoms with Crippen LogP contribution in [0.3, 0.4) is 0 Å². The number of ether oxygens (including phenoxy) is 1. The van der Waals surface area contributed by atoms with Gasteiger partial charge in [0.05, 0.1) is 0 Å². The van der Waals surface area contributed by atoms with E-state index in [1.165, 1.54) is 5.56 Å². The number of hydrogen-bond acceptors (Lipinski definition) is 3. The van der Waals surface area contributed by atoms with Crippen LogP contribution in [0, 0.1) is 6.92 Å². The van der Waals surface area contributed by atoms with Crippen molar-refractivity contribution in [2.45, 2.75) is 72.6 Å². The zero-order valence-electron chi connectivity index (χ0n) is 20.1. The third-order valence-corrected chi connectivity index (χ3v) is 5.22. The van der Waals surface area contributed by atoms with E-state index < -0.39 is 0 Å². The van der Waals surface area contributed by atoms with Crippen LogP contribution in [0.5, 0.6) is 5.75 Å². The highest BCUT2D eigenvalue weighted by atomic mass is 16.5. The summed E-state index contributed by atoms with van der Waals surface area (Å²) in [5.41, 5.74) is 4.38. The summed E-state index contributed by atoms with van der Waals surface area (Å²) >= 11 is 0. The molecule has 0 atom stereocenters. The first-order valence-electron chi connectivity index (χ1n) is 10.8. The van der Waals surface area contributed by atoms with Crippen molar-refractivity contribution in [3.05, 3.63) is 53.1 Å². The Kier molecular flexibility index (Phi) is 7.53. The Hall–Kier alpha value is -2.82. The Morgan fingerprint density at radius 3 is 1.97 bits per heavy atom. The lowest BCUT2D eigenvalue weighted by atomic mass is 9.80. The first-order chi connectivity index (χ1) is 14.3. The standard InChI is InChI=1S/C26H36N2O3/c1-9-23(29)27-20-11-10-12-21(17(20)2)28-24(30)16-31-22-14-13-18(25(3,4)5)15-19(22)26(6,7)8/h10-15H,9,16H2,1-8H3,(H,27,29)(H,28,30). The second kappa shape index (κ2) is 9.54. The Balaban J connectivity index is 2.15. The van der Waals surface area contributed by atoms with E-state index in [0.29, 0.717) is 17.8 Å². The minimum Gasteiger partial charge on any atom is -0.483 e. The minimum atomic E-state index is -0.248. The Bertz CT molecular complexity index is 950. The highest BCUT2D eigenvalue weighted by molar-refractivity contribution is 5.96. The SMILES string of the molecule is CCC(=O)Nc1cccc(NC(=O)COc2ccc(C(C)(C)C)cc2C(C)(C)C)c1C. The Morgan fingerprint density at radius 2 is 1.45 bits per heavy atom. The van der Waals surface area contributed by atoms with Crippen LogP contribution in [0.2, 0.25) is 0 Å². The molecular formula is C26H36N2O3. The fourth-order valence-electron chi connectivity index (χ4n) is 3.18. The van der Waals surface area contributed by atoms with Crippen molar-refractivity contribution in [2.24, 2.45) is 0 Å². The van der Waals surface area contributed by atoms with Crippen molar-refractivity contribution in [1.82, 2.24) is 0 Å². The lowest BCUT2D eigenvalue weighted by Crippen LogP contribution is -2.23. The number of carbonyl (C=O) groups excluding carboxylic acids is 2. The van der Waals surface area contributed by atoms with E-state index >= 15 is 0 Å². The molecule has 2 rings (SSSR count). The molecule has 0 saturated carbocycles. The van der Waals surface area contributed by atoms with Gasteiger partial charge in [0, 0.05) is 17.8 Å². The van der Waals surface area contributed by atoms with Crippen molar-refractivity contribution in [3.8, 4) is 5.75 Å². The molecule has 31 heavy (non-hydrogen) atoms. The van der Waals surface area contributed by atoms with Crippen molar-refractivity contribution >= 4 is 23.2 Å². The van der Waals surface area contributed by atoms with Crippen LogP contribution in [-0.4, -0.2) is 18.4 Å². The Labute approximate surface area is 186 Å². The van der Waals surface area contributed by atoms with Crippen LogP contribution < -0.4 is 15.4 Å². The summed E-state index contributed by atoms with van der Waals surface area (Å²) in [6, 6.07) is 11.6. The van der Waals surface area contributed by atoms with Gasteiger partial charge in [-0.3, -0.25) is 9.59 Å². The van der Waals surface area contributed by atoms with Gasteiger partial charge >= 0.3 is 0 Å². The summed E-state index contributed by atoms with van der Waals surface area (Å²) in [5, 5.41) is 5.74. The third kappa shape index (κ3) is 6.58. The molecule has 0 heterocycles. The van der Waals surface area contributed by atoms with Gasteiger partial charge in [0.2, 0.25) is 5.91 Å². The summed E-state index contributed by atoms with van der Waals surface area (Å²) in [5.74, 6) is 0.404. The number of anilines is 2. The summed E-state index contributed by atoms with van der Waals surface area (Å²) in [6.45, 7) is 16.5. The first-order valence-corrected chi connectivity index (χ1v) is 10.8. The van der Waals surface area contributed by atoms with Crippen molar-refractivity contribution in [2.75, 3.05) is 17.2 Å². The molecule has 2 amide bonds. The molecule has 0 unspecified atom stereocenters. The van der Waals surface area contributed by atoms with Gasteiger partial charge in [0.15, 0.2) is 6.61 Å². The van der Waals surface area contributed by atoms with E-state index in [0.717, 1.165) is 16.9 Å². The molecule has 0 aliphatic heterocycles. The molecule has 0 aliphatic rings. The van der Waals surface area contributed by atoms with Crippen LogP contribution in [0.25, 0.3) is 0 Å². The lowest BCUT2D eigenvalue weighted by Gasteiger charge is -2.27. The predicted octanol–water partition coefficient (Wildman–Crippen LogP) is 5.96. The van der Waals surface area contributed by atoms with Crippen molar-refractivity contribution in [1.29, 1.82) is 0 Å². The molecule has 0 spiro atoms. The molecule has 0 aromatic heterocycles. The molecule has 0 radical (unpaired) electrons. The summed E-state index contributed by atoms with van der Waals surface area (Å²) in [7, 11) is 0. The molecule has 0 aliphatic carbocycles. The van der Waals surface area contributed by atoms with Crippen LogP contribution in [0.1, 0.15) is 71.6 Å². The number of hydrogen-bond donors (Lipinski definition) is 2. The quantitative estimate of drug-likeness (QED) is 0.601. The summed E-state index contributed by atoms with van der Waals surface area (Å²) in [4.78, 5) is 24.3. The van der Waals surface area contributed by atoms with Gasteiger partial charge in [-0.25, -0.2) is 0 Å². The molecular weight excluding hydrogens is 388 g/mol. The molecule has 0 fully saturated rings. The van der Waals surface area contributed by atoms with E-state index in [1.54, 1.807) is 13.0 Å². The zero-order valence-corrected chi connectivity index (χ0v) is 20.1. The second-order valence-electron chi connectivity index (χ2n) is 9.93. The molecule has 168 valence electrons. The average molecular weight is 425 g/mol. The van der Waals surface area contributed by atoms with E-state index in [2.05, 4.69) is 64.3 Å². The Morgan fingerprint density at radius 1 is 0.871 bits per heavy atom. The average Bonchev–Trinajstić information content (AvgIpc) is 2.67. The van der Waals surface area contributed by atoms with E-state index in [4.69, 9.17) is 4.74 Å². The van der Waals surface area contributed by atoms with E-state index in [-0.39, 0.29) is 29.3 Å². The van der Waals surface area contributed by atoms with Crippen LogP contribution in [-0.2, 0) is 20.4 Å². The van der Waals surface area contributed by atoms with Crippen LogP contribution in [0.15, 0.2) is 36.4 Å². The number of carbonyl (C=O) groups is 2. The van der Waals surface area contributed by atoms with Gasteiger partial charge in [-0.1, -0.05) is 66.7 Å². The molecule has 2 aromatic carbocycles. The lowest BCUT2D eigenvalue weighted by molar-refractivity contribution is -0.118. The molecule has 0 bridgehead atoms. The number of amides is 2. The van der Waals surface area contributed by atoms with Crippen molar-refractivity contribution in [3.63, 3.8) is 0 Å². The predicted molar refractivity (Wildman–Crippen MR) is 128 cm³/mol. The topological polar surface area (TPSA) is 67.4 Å². The van der Waals surface area contributed by atoms with Gasteiger partial charge in [-0.05, 0) is 52.6 Å². The molecule has 2 aromatic rings. The first kappa shape index (κ1) is 24.4. The molecule has 5 nitrogen and oxygen atoms in total. The second-order valence-corrected chi connectivity index (χ2v) is 9.93. The smallest absolute Gasteiger partial charge is 0.262 e. The number of nitrogens with one attached hydrogen (secondary N) is 2. The highest BCUT2D eigenvalue weighted by Gasteiger charge is 2.23. The maximum atomic E-state index is 12.6. The normalized spacial score (nSPS) is 11.7. The van der Waals surface area contributed by atoms with Crippen LogP contribution >= 0.6 is 0 Å². The maximum Gasteiger partial charge on any atom is 0.262 e. The zero-order chi connectivity index (χ0) is 23.4. The fraction of sp³-hybridized carbons (Fsp3) is 0.462. The number of benzene rings is 2. The monoisotopic (exact) mass is 424 g/mol. The largest absolute Gasteiger partial charge is 0.483 e. The van der Waals surface area contributed by atoms with E-state index in [1.807, 2.05) is 25.1 Å². The molecule has 5 heteroatoms. The maximum absolute atomic E-state index is 12.6. The van der Waals surface area contributed by atoms with Gasteiger partial charge in [-0.2, -0.15) is 0 Å². The molecule has 0 saturated heterocycles. The fourth-order valence-corrected chi connectivity index (χ4v) is 3.18. The summed E-state index contributed by atoms with van der Waals surface area (Å²) in [6.07, 6.45) is 0.397. The number of rotatable bonds is 6. The minimum absolute atomic E-state index is 0.0334. The van der Waals surface area contributed by atoms with E-state index in [9.17, 15) is 9.59 Å². The van der Waals surface area contributed by atoms with Crippen molar-refractivity contribution < 1.29 is 14.3 Å². The van der Waals surface area contributed by atoms with Crippen LogP contribution in [0.4, 0.5) is 11.4 Å². The third-order valence-electron chi connectivity index (χ3n) is 5.22. The summed E-state index contributed by atoms with van der Waals surface area (Å²) < 4.78 is 5.94.